The highest BCUT2D eigenvalue weighted by Gasteiger charge is 2.44. The third kappa shape index (κ3) is 2.82. The summed E-state index contributed by atoms with van der Waals surface area (Å²) in [6, 6.07) is 9.68. The Morgan fingerprint density at radius 1 is 1.38 bits per heavy atom. The number of aromatic nitrogens is 2. The van der Waals surface area contributed by atoms with E-state index < -0.39 is 11.2 Å². The maximum absolute atomic E-state index is 12.4. The second-order valence-electron chi connectivity index (χ2n) is 5.66. The summed E-state index contributed by atoms with van der Waals surface area (Å²) in [7, 11) is 0. The third-order valence-electron chi connectivity index (χ3n) is 4.07. The smallest absolute Gasteiger partial charge is 0.330 e. The molecule has 0 saturated heterocycles. The number of benzene rings is 1. The molecule has 2 atom stereocenters. The molecule has 1 aromatic heterocycles. The van der Waals surface area contributed by atoms with Gasteiger partial charge in [0.15, 0.2) is 0 Å². The molecule has 0 bridgehead atoms. The van der Waals surface area contributed by atoms with Gasteiger partial charge in [-0.25, -0.2) is 9.36 Å². The van der Waals surface area contributed by atoms with Gasteiger partial charge in [0.1, 0.15) is 11.5 Å². The Kier molecular flexibility index (Phi) is 3.96. The Hall–Kier alpha value is -3.27. The number of amides is 1. The van der Waals surface area contributed by atoms with Crippen LogP contribution in [-0.2, 0) is 11.3 Å². The van der Waals surface area contributed by atoms with E-state index in [-0.39, 0.29) is 35.8 Å². The molecule has 0 aliphatic heterocycles. The molecule has 0 spiro atoms. The number of nitrogens with zero attached hydrogens (tertiary/aromatic N) is 1. The minimum Gasteiger partial charge on any atom is -0.383 e. The quantitative estimate of drug-likeness (QED) is 0.711. The number of hydrogen-bond acceptors (Lipinski definition) is 4. The van der Waals surface area contributed by atoms with E-state index in [1.54, 1.807) is 0 Å². The largest absolute Gasteiger partial charge is 0.383 e. The van der Waals surface area contributed by atoms with Gasteiger partial charge in [-0.05, 0) is 17.9 Å². The van der Waals surface area contributed by atoms with Crippen LogP contribution in [0.3, 0.4) is 0 Å². The lowest BCUT2D eigenvalue weighted by Crippen LogP contribution is -2.38. The van der Waals surface area contributed by atoms with Gasteiger partial charge in [0, 0.05) is 5.92 Å². The van der Waals surface area contributed by atoms with Gasteiger partial charge in [-0.1, -0.05) is 36.3 Å². The highest BCUT2D eigenvalue weighted by atomic mass is 16.2. The Labute approximate surface area is 137 Å². The van der Waals surface area contributed by atoms with Crippen molar-refractivity contribution >= 4 is 17.4 Å². The lowest BCUT2D eigenvalue weighted by atomic mass is 10.1. The maximum atomic E-state index is 12.4. The van der Waals surface area contributed by atoms with Crippen molar-refractivity contribution in [2.75, 3.05) is 11.1 Å². The Morgan fingerprint density at radius 3 is 2.75 bits per heavy atom. The molecule has 1 aromatic carbocycles. The standard InChI is InChI=1S/C17H16N4O3/c1-2-8-21-16(23)13(14(18)20-17(21)24)19-15(22)12-9-11(12)10-6-4-3-5-7-10/h1,3-7,11-12H,8-9,18H2,(H,19,22)(H,20,24)/t11-,12+/m1/s1. The SMILES string of the molecule is C#CCn1c(=O)[nH]c(N)c(NC(=O)[C@H]2C[C@@H]2c2ccccc2)c1=O. The van der Waals surface area contributed by atoms with Gasteiger partial charge in [0.2, 0.25) is 5.91 Å². The van der Waals surface area contributed by atoms with Gasteiger partial charge in [-0.3, -0.25) is 14.6 Å². The van der Waals surface area contributed by atoms with Gasteiger partial charge >= 0.3 is 5.69 Å². The molecule has 122 valence electrons. The van der Waals surface area contributed by atoms with Gasteiger partial charge in [-0.15, -0.1) is 6.42 Å². The zero-order valence-corrected chi connectivity index (χ0v) is 12.8. The molecule has 1 aliphatic carbocycles. The summed E-state index contributed by atoms with van der Waals surface area (Å²) >= 11 is 0. The van der Waals surface area contributed by atoms with Crippen LogP contribution in [0.5, 0.6) is 0 Å². The first-order chi connectivity index (χ1) is 11.5. The molecule has 1 aliphatic rings. The molecule has 7 nitrogen and oxygen atoms in total. The number of aromatic amines is 1. The average Bonchev–Trinajstić information content (AvgIpc) is 3.37. The first-order valence-electron chi connectivity index (χ1n) is 7.44. The third-order valence-corrected chi connectivity index (χ3v) is 4.07. The zero-order chi connectivity index (χ0) is 17.3. The van der Waals surface area contributed by atoms with Crippen molar-refractivity contribution in [3.63, 3.8) is 0 Å². The first kappa shape index (κ1) is 15.6. The lowest BCUT2D eigenvalue weighted by Gasteiger charge is -2.09. The summed E-state index contributed by atoms with van der Waals surface area (Å²) in [6.45, 7) is -0.201. The summed E-state index contributed by atoms with van der Waals surface area (Å²) in [5.41, 5.74) is 5.19. The van der Waals surface area contributed by atoms with E-state index in [2.05, 4.69) is 16.2 Å². The summed E-state index contributed by atoms with van der Waals surface area (Å²) in [4.78, 5) is 38.7. The summed E-state index contributed by atoms with van der Waals surface area (Å²) in [5, 5.41) is 2.53. The molecule has 2 aromatic rings. The van der Waals surface area contributed by atoms with E-state index in [4.69, 9.17) is 12.2 Å². The highest BCUT2D eigenvalue weighted by molar-refractivity contribution is 5.96. The number of anilines is 2. The number of nitrogens with one attached hydrogen (secondary N) is 2. The number of hydrogen-bond donors (Lipinski definition) is 3. The van der Waals surface area contributed by atoms with Gasteiger partial charge < -0.3 is 11.1 Å². The normalized spacial score (nSPS) is 18.6. The molecule has 1 fully saturated rings. The van der Waals surface area contributed by atoms with Crippen molar-refractivity contribution in [3.8, 4) is 12.3 Å². The molecular weight excluding hydrogens is 308 g/mol. The minimum absolute atomic E-state index is 0.128. The minimum atomic E-state index is -0.709. The highest BCUT2D eigenvalue weighted by Crippen LogP contribution is 2.47. The van der Waals surface area contributed by atoms with Crippen molar-refractivity contribution in [1.82, 2.24) is 9.55 Å². The Morgan fingerprint density at radius 2 is 2.08 bits per heavy atom. The fourth-order valence-corrected chi connectivity index (χ4v) is 2.71. The van der Waals surface area contributed by atoms with Gasteiger partial charge in [-0.2, -0.15) is 0 Å². The number of carbonyl (C=O) groups is 1. The van der Waals surface area contributed by atoms with E-state index in [1.165, 1.54) is 0 Å². The van der Waals surface area contributed by atoms with E-state index in [9.17, 15) is 14.4 Å². The summed E-state index contributed by atoms with van der Waals surface area (Å²) < 4.78 is 0.813. The number of nitrogens with two attached hydrogens (primary N) is 1. The second kappa shape index (κ2) is 6.08. The predicted molar refractivity (Wildman–Crippen MR) is 90.5 cm³/mol. The van der Waals surface area contributed by atoms with E-state index in [0.717, 1.165) is 10.1 Å². The van der Waals surface area contributed by atoms with Crippen LogP contribution >= 0.6 is 0 Å². The molecule has 7 heteroatoms. The van der Waals surface area contributed by atoms with Gasteiger partial charge in [0.25, 0.3) is 5.56 Å². The number of nitrogen functional groups attached to an aromatic ring is 1. The van der Waals surface area contributed by atoms with Crippen molar-refractivity contribution < 1.29 is 4.79 Å². The lowest BCUT2D eigenvalue weighted by molar-refractivity contribution is -0.117. The molecule has 24 heavy (non-hydrogen) atoms. The van der Waals surface area contributed by atoms with E-state index >= 15 is 0 Å². The monoisotopic (exact) mass is 324 g/mol. The molecule has 0 radical (unpaired) electrons. The average molecular weight is 324 g/mol. The van der Waals surface area contributed by atoms with Crippen molar-refractivity contribution in [3.05, 3.63) is 56.7 Å². The zero-order valence-electron chi connectivity index (χ0n) is 12.8. The summed E-state index contributed by atoms with van der Waals surface area (Å²) in [6.07, 6.45) is 5.85. The van der Waals surface area contributed by atoms with E-state index in [1.807, 2.05) is 30.3 Å². The molecular formula is C17H16N4O3. The fraction of sp³-hybridized carbons (Fsp3) is 0.235. The Bertz CT molecular complexity index is 937. The fourth-order valence-electron chi connectivity index (χ4n) is 2.71. The van der Waals surface area contributed by atoms with Crippen LogP contribution in [0.15, 0.2) is 39.9 Å². The number of rotatable bonds is 4. The van der Waals surface area contributed by atoms with Crippen LogP contribution in [0, 0.1) is 18.3 Å². The van der Waals surface area contributed by atoms with Crippen LogP contribution < -0.4 is 22.3 Å². The Balaban J connectivity index is 1.81. The number of H-pyrrole nitrogens is 1. The topological polar surface area (TPSA) is 110 Å². The molecule has 3 rings (SSSR count). The number of terminal acetylenes is 1. The van der Waals surface area contributed by atoms with Crippen molar-refractivity contribution in [2.45, 2.75) is 18.9 Å². The number of carbonyl (C=O) groups excluding carboxylic acids is 1. The van der Waals surface area contributed by atoms with Crippen molar-refractivity contribution in [2.24, 2.45) is 5.92 Å². The molecule has 1 saturated carbocycles. The molecule has 4 N–H and O–H groups in total. The van der Waals surface area contributed by atoms with E-state index in [0.29, 0.717) is 6.42 Å². The van der Waals surface area contributed by atoms with Crippen molar-refractivity contribution in [1.29, 1.82) is 0 Å². The van der Waals surface area contributed by atoms with Gasteiger partial charge in [0.05, 0.1) is 6.54 Å². The second-order valence-corrected chi connectivity index (χ2v) is 5.66. The van der Waals surface area contributed by atoms with Crippen LogP contribution in [0.2, 0.25) is 0 Å². The first-order valence-corrected chi connectivity index (χ1v) is 7.44. The molecule has 1 heterocycles. The maximum Gasteiger partial charge on any atom is 0.330 e. The van der Waals surface area contributed by atoms with Crippen LogP contribution in [0.25, 0.3) is 0 Å². The molecule has 0 unspecified atom stereocenters. The van der Waals surface area contributed by atoms with Crippen LogP contribution in [-0.4, -0.2) is 15.5 Å². The predicted octanol–water partition coefficient (Wildman–Crippen LogP) is 0.494. The molecule has 1 amide bonds. The van der Waals surface area contributed by atoms with Crippen LogP contribution in [0.4, 0.5) is 11.5 Å². The summed E-state index contributed by atoms with van der Waals surface area (Å²) in [5.74, 6) is 1.65. The van der Waals surface area contributed by atoms with Crippen LogP contribution in [0.1, 0.15) is 17.9 Å².